The van der Waals surface area contributed by atoms with Crippen molar-refractivity contribution in [2.75, 3.05) is 0 Å². The fraction of sp³-hybridized carbons (Fsp3) is 0.400. The van der Waals surface area contributed by atoms with Crippen molar-refractivity contribution in [2.45, 2.75) is 19.8 Å². The van der Waals surface area contributed by atoms with E-state index in [1.807, 2.05) is 6.92 Å². The van der Waals surface area contributed by atoms with Crippen LogP contribution in [0, 0.1) is 5.92 Å². The van der Waals surface area contributed by atoms with Crippen molar-refractivity contribution in [2.24, 2.45) is 5.92 Å². The highest BCUT2D eigenvalue weighted by atomic mass is 16.4. The number of rotatable bonds is 6. The van der Waals surface area contributed by atoms with E-state index in [0.717, 1.165) is 0 Å². The summed E-state index contributed by atoms with van der Waals surface area (Å²) in [4.78, 5) is 21.2. The van der Waals surface area contributed by atoms with Crippen LogP contribution in [-0.2, 0) is 9.59 Å². The van der Waals surface area contributed by atoms with Crippen LogP contribution in [0.2, 0.25) is 0 Å². The molecule has 0 aliphatic rings. The molecule has 0 unspecified atom stereocenters. The molecule has 0 fully saturated rings. The van der Waals surface area contributed by atoms with Crippen molar-refractivity contribution in [3.63, 3.8) is 0 Å². The molecule has 0 radical (unpaired) electrons. The highest BCUT2D eigenvalue weighted by Crippen LogP contribution is 2.23. The molecule has 0 aliphatic carbocycles. The van der Waals surface area contributed by atoms with E-state index >= 15 is 0 Å². The highest BCUT2D eigenvalue weighted by Gasteiger charge is 2.24. The summed E-state index contributed by atoms with van der Waals surface area (Å²) in [5, 5.41) is 17.4. The molecule has 0 saturated carbocycles. The minimum atomic E-state index is -1.18. The van der Waals surface area contributed by atoms with Crippen molar-refractivity contribution in [1.29, 1.82) is 0 Å². The predicted octanol–water partition coefficient (Wildman–Crippen LogP) is 1.68. The second-order valence-corrected chi connectivity index (χ2v) is 3.00. The zero-order valence-corrected chi connectivity index (χ0v) is 8.12. The molecule has 0 heterocycles. The number of hydrogen-bond acceptors (Lipinski definition) is 2. The average Bonchev–Trinajstić information content (AvgIpc) is 2.11. The third-order valence-electron chi connectivity index (χ3n) is 1.97. The Balaban J connectivity index is 4.76. The summed E-state index contributed by atoms with van der Waals surface area (Å²) in [5.74, 6) is -3.02. The van der Waals surface area contributed by atoms with Crippen molar-refractivity contribution in [3.8, 4) is 0 Å². The number of aliphatic carboxylic acids is 2. The second kappa shape index (κ2) is 5.21. The fourth-order valence-corrected chi connectivity index (χ4v) is 1.15. The predicted molar refractivity (Wildman–Crippen MR) is 51.9 cm³/mol. The topological polar surface area (TPSA) is 74.6 Å². The lowest BCUT2D eigenvalue weighted by molar-refractivity contribution is -0.133. The number of carboxylic acids is 2. The number of hydrogen-bond donors (Lipinski definition) is 2. The van der Waals surface area contributed by atoms with Gasteiger partial charge in [-0.05, 0) is 6.42 Å². The van der Waals surface area contributed by atoms with Gasteiger partial charge in [0.2, 0.25) is 0 Å². The van der Waals surface area contributed by atoms with E-state index < -0.39 is 17.9 Å². The molecular formula is C10H14O4. The Kier molecular flexibility index (Phi) is 4.63. The molecule has 78 valence electrons. The van der Waals surface area contributed by atoms with Crippen LogP contribution in [0.1, 0.15) is 19.8 Å². The molecule has 0 aromatic rings. The maximum Gasteiger partial charge on any atom is 0.331 e. The van der Waals surface area contributed by atoms with Gasteiger partial charge in [-0.1, -0.05) is 26.5 Å². The molecule has 0 spiro atoms. The van der Waals surface area contributed by atoms with Crippen molar-refractivity contribution in [1.82, 2.24) is 0 Å². The smallest absolute Gasteiger partial charge is 0.331 e. The molecular weight excluding hydrogens is 184 g/mol. The largest absolute Gasteiger partial charge is 0.478 e. The van der Waals surface area contributed by atoms with Gasteiger partial charge in [0.15, 0.2) is 0 Å². The standard InChI is InChI=1S/C10H14O4/c1-4-5-8(6(2)9(11)12)7(3)10(13)14/h8H,2-5H2,1H3,(H,11,12)(H,13,14). The minimum Gasteiger partial charge on any atom is -0.478 e. The van der Waals surface area contributed by atoms with Gasteiger partial charge < -0.3 is 10.2 Å². The third kappa shape index (κ3) is 3.05. The highest BCUT2D eigenvalue weighted by molar-refractivity contribution is 5.93. The van der Waals surface area contributed by atoms with Crippen LogP contribution in [0.3, 0.4) is 0 Å². The first kappa shape index (κ1) is 12.4. The second-order valence-electron chi connectivity index (χ2n) is 3.00. The van der Waals surface area contributed by atoms with E-state index in [2.05, 4.69) is 13.2 Å². The van der Waals surface area contributed by atoms with Crippen molar-refractivity contribution < 1.29 is 19.8 Å². The molecule has 0 aromatic heterocycles. The first-order valence-corrected chi connectivity index (χ1v) is 4.26. The van der Waals surface area contributed by atoms with Gasteiger partial charge in [-0.15, -0.1) is 0 Å². The summed E-state index contributed by atoms with van der Waals surface area (Å²) in [5.41, 5.74) is -0.224. The maximum atomic E-state index is 10.6. The lowest BCUT2D eigenvalue weighted by Gasteiger charge is -2.15. The van der Waals surface area contributed by atoms with Gasteiger partial charge in [0.1, 0.15) is 0 Å². The minimum absolute atomic E-state index is 0.112. The summed E-state index contributed by atoms with van der Waals surface area (Å²) in [7, 11) is 0. The van der Waals surface area contributed by atoms with E-state index in [0.29, 0.717) is 12.8 Å². The van der Waals surface area contributed by atoms with Gasteiger partial charge in [-0.25, -0.2) is 9.59 Å². The summed E-state index contributed by atoms with van der Waals surface area (Å²) in [6, 6.07) is 0. The molecule has 0 rings (SSSR count). The molecule has 14 heavy (non-hydrogen) atoms. The maximum absolute atomic E-state index is 10.6. The van der Waals surface area contributed by atoms with Crippen LogP contribution < -0.4 is 0 Å². The van der Waals surface area contributed by atoms with Gasteiger partial charge in [-0.3, -0.25) is 0 Å². The van der Waals surface area contributed by atoms with Gasteiger partial charge in [0.25, 0.3) is 0 Å². The van der Waals surface area contributed by atoms with Crippen LogP contribution in [0.4, 0.5) is 0 Å². The molecule has 0 saturated heterocycles. The molecule has 4 heteroatoms. The molecule has 0 atom stereocenters. The Labute approximate surface area is 82.6 Å². The van der Waals surface area contributed by atoms with Crippen LogP contribution in [0.15, 0.2) is 24.3 Å². The normalized spacial score (nSPS) is 9.86. The van der Waals surface area contributed by atoms with Gasteiger partial charge in [-0.2, -0.15) is 0 Å². The van der Waals surface area contributed by atoms with Crippen molar-refractivity contribution >= 4 is 11.9 Å². The van der Waals surface area contributed by atoms with E-state index in [1.54, 1.807) is 0 Å². The molecule has 0 amide bonds. The van der Waals surface area contributed by atoms with Crippen LogP contribution >= 0.6 is 0 Å². The Morgan fingerprint density at radius 2 is 1.50 bits per heavy atom. The lowest BCUT2D eigenvalue weighted by Crippen LogP contribution is -2.18. The SMILES string of the molecule is C=C(C(=O)O)C(CCC)C(=C)C(=O)O. The van der Waals surface area contributed by atoms with Crippen LogP contribution in [0.5, 0.6) is 0 Å². The summed E-state index contributed by atoms with van der Waals surface area (Å²) >= 11 is 0. The fourth-order valence-electron chi connectivity index (χ4n) is 1.15. The van der Waals surface area contributed by atoms with Gasteiger partial charge in [0.05, 0.1) is 0 Å². The van der Waals surface area contributed by atoms with E-state index in [9.17, 15) is 9.59 Å². The zero-order chi connectivity index (χ0) is 11.3. The Hall–Kier alpha value is -1.58. The Morgan fingerprint density at radius 1 is 1.14 bits per heavy atom. The van der Waals surface area contributed by atoms with E-state index in [-0.39, 0.29) is 11.1 Å². The first-order chi connectivity index (χ1) is 6.41. The van der Waals surface area contributed by atoms with Crippen LogP contribution in [0.25, 0.3) is 0 Å². The third-order valence-corrected chi connectivity index (χ3v) is 1.97. The monoisotopic (exact) mass is 198 g/mol. The summed E-state index contributed by atoms with van der Waals surface area (Å²) in [6.45, 7) is 8.55. The summed E-state index contributed by atoms with van der Waals surface area (Å²) < 4.78 is 0. The number of carboxylic acid groups (broad SMARTS) is 2. The number of carbonyl (C=O) groups is 2. The molecule has 4 nitrogen and oxygen atoms in total. The molecule has 0 aromatic carbocycles. The Morgan fingerprint density at radius 3 is 1.71 bits per heavy atom. The molecule has 2 N–H and O–H groups in total. The average molecular weight is 198 g/mol. The van der Waals surface area contributed by atoms with Crippen molar-refractivity contribution in [3.05, 3.63) is 24.3 Å². The van der Waals surface area contributed by atoms with Gasteiger partial charge >= 0.3 is 11.9 Å². The summed E-state index contributed by atoms with van der Waals surface area (Å²) in [6.07, 6.45) is 1.12. The molecule has 0 bridgehead atoms. The van der Waals surface area contributed by atoms with Crippen LogP contribution in [-0.4, -0.2) is 22.2 Å². The Bertz CT molecular complexity index is 252. The van der Waals surface area contributed by atoms with E-state index in [4.69, 9.17) is 10.2 Å². The lowest BCUT2D eigenvalue weighted by atomic mass is 9.89. The van der Waals surface area contributed by atoms with Gasteiger partial charge in [0, 0.05) is 17.1 Å². The molecule has 0 aliphatic heterocycles. The first-order valence-electron chi connectivity index (χ1n) is 4.26. The quantitative estimate of drug-likeness (QED) is 0.637. The van der Waals surface area contributed by atoms with E-state index in [1.165, 1.54) is 0 Å². The zero-order valence-electron chi connectivity index (χ0n) is 8.12.